The number of carbonyl (C=O) groups excluding carboxylic acids is 1. The van der Waals surface area contributed by atoms with Crippen LogP contribution in [0.1, 0.15) is 29.3 Å². The van der Waals surface area contributed by atoms with Crippen molar-refractivity contribution in [2.75, 3.05) is 19.8 Å². The second-order valence-corrected chi connectivity index (χ2v) is 4.93. The van der Waals surface area contributed by atoms with Crippen LogP contribution in [0.4, 0.5) is 0 Å². The van der Waals surface area contributed by atoms with E-state index in [0.717, 1.165) is 18.1 Å². The first-order valence-electron chi connectivity index (χ1n) is 7.01. The third kappa shape index (κ3) is 3.92. The number of rotatable bonds is 4. The third-order valence-corrected chi connectivity index (χ3v) is 3.54. The van der Waals surface area contributed by atoms with E-state index in [1.54, 1.807) is 24.3 Å². The number of carboxylic acids is 1. The Morgan fingerprint density at radius 2 is 2.10 bits per heavy atom. The lowest BCUT2D eigenvalue weighted by molar-refractivity contribution is -0.131. The predicted molar refractivity (Wildman–Crippen MR) is 79.0 cm³/mol. The molecule has 5 nitrogen and oxygen atoms in total. The molecule has 1 aliphatic heterocycles. The molecule has 112 valence electrons. The minimum atomic E-state index is -0.991. The number of aliphatic carboxylic acids is 1. The molecule has 1 heterocycles. The minimum absolute atomic E-state index is 0.00101. The average Bonchev–Trinajstić information content (AvgIpc) is 2.52. The Kier molecular flexibility index (Phi) is 5.11. The van der Waals surface area contributed by atoms with Crippen molar-refractivity contribution in [1.29, 1.82) is 0 Å². The zero-order chi connectivity index (χ0) is 15.2. The fourth-order valence-electron chi connectivity index (χ4n) is 2.33. The zero-order valence-corrected chi connectivity index (χ0v) is 12.0. The molecule has 0 saturated carbocycles. The third-order valence-electron chi connectivity index (χ3n) is 3.54. The summed E-state index contributed by atoms with van der Waals surface area (Å²) in [5.41, 5.74) is 1.37. The highest BCUT2D eigenvalue weighted by molar-refractivity contribution is 5.95. The van der Waals surface area contributed by atoms with E-state index >= 15 is 0 Å². The van der Waals surface area contributed by atoms with Gasteiger partial charge in [0.1, 0.15) is 0 Å². The number of nitrogens with zero attached hydrogens (tertiary/aromatic N) is 1. The lowest BCUT2D eigenvalue weighted by atomic mass is 10.1. The van der Waals surface area contributed by atoms with Crippen molar-refractivity contribution >= 4 is 18.0 Å². The van der Waals surface area contributed by atoms with Crippen LogP contribution in [0, 0.1) is 0 Å². The first-order valence-corrected chi connectivity index (χ1v) is 7.01. The Morgan fingerprint density at radius 1 is 1.38 bits per heavy atom. The molecule has 1 atom stereocenters. The molecule has 0 aromatic heterocycles. The number of hydrogen-bond acceptors (Lipinski definition) is 3. The van der Waals surface area contributed by atoms with Crippen molar-refractivity contribution in [2.45, 2.75) is 19.4 Å². The number of benzene rings is 1. The van der Waals surface area contributed by atoms with Crippen LogP contribution in [-0.2, 0) is 9.53 Å². The van der Waals surface area contributed by atoms with Gasteiger partial charge in [-0.2, -0.15) is 0 Å². The Bertz CT molecular complexity index is 536. The molecule has 1 aromatic rings. The van der Waals surface area contributed by atoms with Crippen molar-refractivity contribution < 1.29 is 19.4 Å². The Labute approximate surface area is 123 Å². The summed E-state index contributed by atoms with van der Waals surface area (Å²) >= 11 is 0. The topological polar surface area (TPSA) is 66.8 Å². The van der Waals surface area contributed by atoms with E-state index in [0.29, 0.717) is 25.3 Å². The van der Waals surface area contributed by atoms with Gasteiger partial charge in [0.25, 0.3) is 5.91 Å². The van der Waals surface area contributed by atoms with E-state index in [2.05, 4.69) is 0 Å². The van der Waals surface area contributed by atoms with Gasteiger partial charge in [-0.05, 0) is 30.2 Å². The quantitative estimate of drug-likeness (QED) is 0.861. The summed E-state index contributed by atoms with van der Waals surface area (Å²) in [6.45, 7) is 3.81. The smallest absolute Gasteiger partial charge is 0.328 e. The summed E-state index contributed by atoms with van der Waals surface area (Å²) in [7, 11) is 0. The molecule has 5 heteroatoms. The summed E-state index contributed by atoms with van der Waals surface area (Å²) < 4.78 is 5.40. The van der Waals surface area contributed by atoms with Gasteiger partial charge in [0.15, 0.2) is 0 Å². The molecule has 0 spiro atoms. The molecule has 0 bridgehead atoms. The SMILES string of the molecule is CCC1COCCN1C(=O)c1ccc(C=CC(=O)O)cc1. The van der Waals surface area contributed by atoms with Crippen LogP contribution < -0.4 is 0 Å². The van der Waals surface area contributed by atoms with Crippen LogP contribution >= 0.6 is 0 Å². The number of hydrogen-bond donors (Lipinski definition) is 1. The highest BCUT2D eigenvalue weighted by Crippen LogP contribution is 2.15. The van der Waals surface area contributed by atoms with Crippen LogP contribution in [-0.4, -0.2) is 47.7 Å². The number of carboxylic acid groups (broad SMARTS) is 1. The van der Waals surface area contributed by atoms with Gasteiger partial charge in [0.2, 0.25) is 0 Å². The van der Waals surface area contributed by atoms with E-state index in [4.69, 9.17) is 9.84 Å². The Hall–Kier alpha value is -2.14. The summed E-state index contributed by atoms with van der Waals surface area (Å²) in [5, 5.41) is 8.58. The highest BCUT2D eigenvalue weighted by atomic mass is 16.5. The lowest BCUT2D eigenvalue weighted by Gasteiger charge is -2.35. The van der Waals surface area contributed by atoms with Crippen LogP contribution in [0.15, 0.2) is 30.3 Å². The van der Waals surface area contributed by atoms with Gasteiger partial charge in [-0.1, -0.05) is 19.1 Å². The van der Waals surface area contributed by atoms with Gasteiger partial charge >= 0.3 is 5.97 Å². The van der Waals surface area contributed by atoms with Crippen LogP contribution in [0.5, 0.6) is 0 Å². The normalized spacial score (nSPS) is 18.9. The van der Waals surface area contributed by atoms with Gasteiger partial charge in [0, 0.05) is 18.2 Å². The summed E-state index contributed by atoms with van der Waals surface area (Å²) in [4.78, 5) is 24.8. The molecule has 21 heavy (non-hydrogen) atoms. The van der Waals surface area contributed by atoms with Crippen molar-refractivity contribution in [1.82, 2.24) is 4.90 Å². The molecule has 1 fully saturated rings. The fourth-order valence-corrected chi connectivity index (χ4v) is 2.33. The molecule has 0 radical (unpaired) electrons. The van der Waals surface area contributed by atoms with E-state index in [1.165, 1.54) is 6.08 Å². The number of amides is 1. The molecule has 0 aliphatic carbocycles. The molecular formula is C16H19NO4. The molecular weight excluding hydrogens is 270 g/mol. The zero-order valence-electron chi connectivity index (χ0n) is 12.0. The largest absolute Gasteiger partial charge is 0.478 e. The van der Waals surface area contributed by atoms with Gasteiger partial charge in [-0.15, -0.1) is 0 Å². The van der Waals surface area contributed by atoms with Crippen LogP contribution in [0.2, 0.25) is 0 Å². The van der Waals surface area contributed by atoms with Gasteiger partial charge in [0.05, 0.1) is 19.3 Å². The highest BCUT2D eigenvalue weighted by Gasteiger charge is 2.26. The van der Waals surface area contributed by atoms with Crippen LogP contribution in [0.25, 0.3) is 6.08 Å². The van der Waals surface area contributed by atoms with E-state index in [9.17, 15) is 9.59 Å². The standard InChI is InChI=1S/C16H19NO4/c1-2-14-11-21-10-9-17(14)16(20)13-6-3-12(4-7-13)5-8-15(18)19/h3-8,14H,2,9-11H2,1H3,(H,18,19). The second-order valence-electron chi connectivity index (χ2n) is 4.93. The monoisotopic (exact) mass is 289 g/mol. The second kappa shape index (κ2) is 7.04. The van der Waals surface area contributed by atoms with Crippen molar-refractivity contribution in [3.05, 3.63) is 41.5 Å². The maximum absolute atomic E-state index is 12.5. The molecule has 1 aromatic carbocycles. The molecule has 1 unspecified atom stereocenters. The number of ether oxygens (including phenoxy) is 1. The first kappa shape index (κ1) is 15.3. The maximum atomic E-state index is 12.5. The predicted octanol–water partition coefficient (Wildman–Crippen LogP) is 2.04. The van der Waals surface area contributed by atoms with Crippen molar-refractivity contribution in [3.8, 4) is 0 Å². The maximum Gasteiger partial charge on any atom is 0.328 e. The summed E-state index contributed by atoms with van der Waals surface area (Å²) in [6, 6.07) is 7.07. The first-order chi connectivity index (χ1) is 10.1. The van der Waals surface area contributed by atoms with Gasteiger partial charge in [-0.3, -0.25) is 4.79 Å². The summed E-state index contributed by atoms with van der Waals surface area (Å²) in [6.07, 6.45) is 3.44. The number of morpholine rings is 1. The number of carbonyl (C=O) groups is 2. The lowest BCUT2D eigenvalue weighted by Crippen LogP contribution is -2.48. The van der Waals surface area contributed by atoms with E-state index < -0.39 is 5.97 Å². The van der Waals surface area contributed by atoms with Gasteiger partial charge < -0.3 is 14.7 Å². The molecule has 1 amide bonds. The molecule has 1 aliphatic rings. The van der Waals surface area contributed by atoms with Gasteiger partial charge in [-0.25, -0.2) is 4.79 Å². The minimum Gasteiger partial charge on any atom is -0.478 e. The molecule has 2 rings (SSSR count). The molecule has 1 N–H and O–H groups in total. The van der Waals surface area contributed by atoms with Crippen LogP contribution in [0.3, 0.4) is 0 Å². The van der Waals surface area contributed by atoms with Crippen molar-refractivity contribution in [2.24, 2.45) is 0 Å². The summed E-state index contributed by atoms with van der Waals surface area (Å²) in [5.74, 6) is -0.992. The Morgan fingerprint density at radius 3 is 2.71 bits per heavy atom. The van der Waals surface area contributed by atoms with Crippen molar-refractivity contribution in [3.63, 3.8) is 0 Å². The molecule has 1 saturated heterocycles. The Balaban J connectivity index is 2.10. The van der Waals surface area contributed by atoms with E-state index in [-0.39, 0.29) is 11.9 Å². The average molecular weight is 289 g/mol. The fraction of sp³-hybridized carbons (Fsp3) is 0.375. The van der Waals surface area contributed by atoms with E-state index in [1.807, 2.05) is 11.8 Å².